The second kappa shape index (κ2) is 50.5. The van der Waals surface area contributed by atoms with E-state index >= 15 is 0 Å². The highest BCUT2D eigenvalue weighted by Gasteiger charge is 2.17. The van der Waals surface area contributed by atoms with Gasteiger partial charge in [0.05, 0.1) is 6.61 Å². The molecule has 4 nitrogen and oxygen atoms in total. The summed E-state index contributed by atoms with van der Waals surface area (Å²) in [6.07, 6.45) is 59.4. The third kappa shape index (κ3) is 46.2. The van der Waals surface area contributed by atoms with Gasteiger partial charge < -0.3 is 9.84 Å². The van der Waals surface area contributed by atoms with Crippen LogP contribution in [0.5, 0.6) is 0 Å². The van der Waals surface area contributed by atoms with Crippen LogP contribution in [0.3, 0.4) is 0 Å². The largest absolute Gasteiger partial charge is 0.466 e. The number of ether oxygens (including phenoxy) is 1. The van der Waals surface area contributed by atoms with Crippen molar-refractivity contribution in [1.29, 1.82) is 0 Å². The molecule has 0 spiro atoms. The number of aliphatic hydroxyl groups excluding tert-OH is 1. The van der Waals surface area contributed by atoms with Gasteiger partial charge in [0.25, 0.3) is 0 Å². The van der Waals surface area contributed by atoms with E-state index in [0.29, 0.717) is 18.8 Å². The van der Waals surface area contributed by atoms with Gasteiger partial charge in [0, 0.05) is 25.4 Å². The zero-order valence-electron chi connectivity index (χ0n) is 39.9. The molecule has 1 N–H and O–H groups in total. The van der Waals surface area contributed by atoms with Crippen molar-refractivity contribution in [2.24, 2.45) is 5.92 Å². The Morgan fingerprint density at radius 1 is 0.345 bits per heavy atom. The molecule has 4 heteroatoms. The maximum absolute atomic E-state index is 13.2. The van der Waals surface area contributed by atoms with Crippen LogP contribution in [-0.4, -0.2) is 30.1 Å². The van der Waals surface area contributed by atoms with Crippen LogP contribution in [0.1, 0.15) is 316 Å². The van der Waals surface area contributed by atoms with E-state index in [4.69, 9.17) is 9.84 Å². The number of aliphatic hydroxyl groups is 1. The third-order valence-electron chi connectivity index (χ3n) is 12.9. The van der Waals surface area contributed by atoms with E-state index in [2.05, 4.69) is 13.8 Å². The number of carbonyl (C=O) groups is 2. The van der Waals surface area contributed by atoms with Crippen LogP contribution in [0.15, 0.2) is 0 Å². The molecule has 1 unspecified atom stereocenters. The summed E-state index contributed by atoms with van der Waals surface area (Å²) in [5, 5.41) is 9.13. The van der Waals surface area contributed by atoms with Crippen molar-refractivity contribution in [3.8, 4) is 0 Å². The fraction of sp³-hybridized carbons (Fsp3) is 0.963. The second-order valence-electron chi connectivity index (χ2n) is 18.7. The number of unbranched alkanes of at least 4 members (excludes halogenated alkanes) is 39. The summed E-state index contributed by atoms with van der Waals surface area (Å²) in [6.45, 7) is 5.47. The number of carbonyl (C=O) groups excluding carboxylic acids is 2. The summed E-state index contributed by atoms with van der Waals surface area (Å²) < 4.78 is 5.51. The lowest BCUT2D eigenvalue weighted by Crippen LogP contribution is -2.14. The molecular weight excluding hydrogens is 713 g/mol. The van der Waals surface area contributed by atoms with Crippen LogP contribution < -0.4 is 0 Å². The molecule has 0 amide bonds. The van der Waals surface area contributed by atoms with E-state index < -0.39 is 0 Å². The van der Waals surface area contributed by atoms with Crippen molar-refractivity contribution in [3.05, 3.63) is 0 Å². The van der Waals surface area contributed by atoms with Gasteiger partial charge in [0.15, 0.2) is 0 Å². The van der Waals surface area contributed by atoms with E-state index in [1.807, 2.05) is 0 Å². The molecule has 0 aliphatic carbocycles. The fourth-order valence-corrected chi connectivity index (χ4v) is 8.83. The van der Waals surface area contributed by atoms with E-state index in [-0.39, 0.29) is 18.5 Å². The fourth-order valence-electron chi connectivity index (χ4n) is 8.83. The molecule has 0 aromatic heterocycles. The van der Waals surface area contributed by atoms with Crippen molar-refractivity contribution in [2.45, 2.75) is 316 Å². The van der Waals surface area contributed by atoms with Gasteiger partial charge in [-0.3, -0.25) is 9.59 Å². The Hall–Kier alpha value is -0.900. The minimum atomic E-state index is -0.00181. The summed E-state index contributed by atoms with van der Waals surface area (Å²) in [5.41, 5.74) is 0. The minimum Gasteiger partial charge on any atom is -0.466 e. The maximum atomic E-state index is 13.2. The van der Waals surface area contributed by atoms with E-state index in [1.54, 1.807) is 0 Å². The van der Waals surface area contributed by atoms with Gasteiger partial charge >= 0.3 is 5.97 Å². The first-order chi connectivity index (χ1) is 28.7. The Balaban J connectivity index is 3.73. The molecule has 0 saturated heterocycles. The van der Waals surface area contributed by atoms with E-state index in [0.717, 1.165) is 70.6 Å². The summed E-state index contributed by atoms with van der Waals surface area (Å²) in [7, 11) is 0. The van der Waals surface area contributed by atoms with Crippen LogP contribution in [-0.2, 0) is 14.3 Å². The van der Waals surface area contributed by atoms with Crippen molar-refractivity contribution in [1.82, 2.24) is 0 Å². The lowest BCUT2D eigenvalue weighted by molar-refractivity contribution is -0.143. The number of hydrogen-bond donors (Lipinski definition) is 1. The molecule has 1 atom stereocenters. The monoisotopic (exact) mass is 819 g/mol. The molecule has 0 aromatic rings. The smallest absolute Gasteiger partial charge is 0.305 e. The molecule has 0 rings (SSSR count). The first-order valence-electron chi connectivity index (χ1n) is 26.9. The van der Waals surface area contributed by atoms with Gasteiger partial charge in [-0.15, -0.1) is 0 Å². The molecule has 0 bridgehead atoms. The zero-order chi connectivity index (χ0) is 42.1. The van der Waals surface area contributed by atoms with Crippen molar-refractivity contribution in [3.63, 3.8) is 0 Å². The highest BCUT2D eigenvalue weighted by atomic mass is 16.5. The average molecular weight is 819 g/mol. The van der Waals surface area contributed by atoms with Gasteiger partial charge in [-0.05, 0) is 38.5 Å². The number of ketones is 1. The topological polar surface area (TPSA) is 63.6 Å². The van der Waals surface area contributed by atoms with E-state index in [9.17, 15) is 9.59 Å². The Labute approximate surface area is 364 Å². The SMILES string of the molecule is CCCCCCCCCCCCCCCCCCOC(=O)CCCCCCCCCCC(CCCCCCO)C(=O)CCCCCCCCCCCCCCCCC. The molecule has 0 radical (unpaired) electrons. The normalized spacial score (nSPS) is 12.1. The molecule has 346 valence electrons. The summed E-state index contributed by atoms with van der Waals surface area (Å²) >= 11 is 0. The molecule has 0 aliphatic heterocycles. The Kier molecular flexibility index (Phi) is 49.7. The predicted molar refractivity (Wildman–Crippen MR) is 255 cm³/mol. The highest BCUT2D eigenvalue weighted by Crippen LogP contribution is 2.23. The second-order valence-corrected chi connectivity index (χ2v) is 18.7. The van der Waals surface area contributed by atoms with Crippen molar-refractivity contribution >= 4 is 11.8 Å². The van der Waals surface area contributed by atoms with Crippen LogP contribution in [0, 0.1) is 5.92 Å². The summed E-state index contributed by atoms with van der Waals surface area (Å²) in [4.78, 5) is 25.4. The van der Waals surface area contributed by atoms with Crippen LogP contribution in [0.4, 0.5) is 0 Å². The van der Waals surface area contributed by atoms with Gasteiger partial charge in [-0.1, -0.05) is 264 Å². The minimum absolute atomic E-state index is 0.00181. The first-order valence-corrected chi connectivity index (χ1v) is 26.9. The molecule has 58 heavy (non-hydrogen) atoms. The number of rotatable bonds is 51. The predicted octanol–water partition coefficient (Wildman–Crippen LogP) is 18.1. The number of hydrogen-bond acceptors (Lipinski definition) is 4. The Morgan fingerprint density at radius 3 is 0.966 bits per heavy atom. The van der Waals surface area contributed by atoms with Gasteiger partial charge in [0.2, 0.25) is 0 Å². The van der Waals surface area contributed by atoms with Crippen LogP contribution in [0.25, 0.3) is 0 Å². The summed E-state index contributed by atoms with van der Waals surface area (Å²) in [5.74, 6) is 0.781. The Bertz CT molecular complexity index is 796. The molecule has 0 aliphatic rings. The van der Waals surface area contributed by atoms with Crippen LogP contribution >= 0.6 is 0 Å². The highest BCUT2D eigenvalue weighted by molar-refractivity contribution is 5.80. The van der Waals surface area contributed by atoms with Gasteiger partial charge in [-0.25, -0.2) is 0 Å². The van der Waals surface area contributed by atoms with Gasteiger partial charge in [-0.2, -0.15) is 0 Å². The lowest BCUT2D eigenvalue weighted by atomic mass is 9.88. The Morgan fingerprint density at radius 2 is 0.621 bits per heavy atom. The lowest BCUT2D eigenvalue weighted by Gasteiger charge is -2.16. The molecule has 0 aromatic carbocycles. The molecular formula is C54H106O4. The zero-order valence-corrected chi connectivity index (χ0v) is 39.9. The standard InChI is InChI=1S/C54H106O4/c1-3-5-7-9-11-13-15-17-19-21-23-25-29-33-39-45-51-58-54(57)49-43-36-32-28-27-30-34-40-46-52(47-41-37-38-44-50-55)53(56)48-42-35-31-26-24-22-20-18-16-14-12-10-8-6-4-2/h52,55H,3-51H2,1-2H3. The molecule has 0 fully saturated rings. The van der Waals surface area contributed by atoms with Gasteiger partial charge in [0.1, 0.15) is 5.78 Å². The maximum Gasteiger partial charge on any atom is 0.305 e. The first kappa shape index (κ1) is 57.1. The quantitative estimate of drug-likeness (QED) is 0.0490. The third-order valence-corrected chi connectivity index (χ3v) is 12.9. The van der Waals surface area contributed by atoms with E-state index in [1.165, 1.54) is 225 Å². The number of Topliss-reactive ketones (excluding diaryl/α,β-unsaturated/α-hetero) is 1. The van der Waals surface area contributed by atoms with Crippen LogP contribution in [0.2, 0.25) is 0 Å². The molecule has 0 heterocycles. The van der Waals surface area contributed by atoms with Crippen molar-refractivity contribution in [2.75, 3.05) is 13.2 Å². The van der Waals surface area contributed by atoms with Crippen molar-refractivity contribution < 1.29 is 19.4 Å². The molecule has 0 saturated carbocycles. The summed E-state index contributed by atoms with van der Waals surface area (Å²) in [6, 6.07) is 0. The number of esters is 1. The average Bonchev–Trinajstić information content (AvgIpc) is 3.23.